The standard InChI is InChI=1S/C32H28ClN5O3S/c1-20-12-14-25(15-13-20)38-30(23-10-7-11-24(33)17-23)36-37-32(38)42-19-29(39)34-27-16-21(2)26(18-28(27)41-3)35-31(40)22-8-5-4-6-9-22/h4-18H,19H2,1-3H3,(H,34,39)(H,35,40). The van der Waals surface area contributed by atoms with Crippen molar-refractivity contribution in [2.24, 2.45) is 0 Å². The zero-order valence-corrected chi connectivity index (χ0v) is 24.8. The second-order valence-corrected chi connectivity index (χ2v) is 10.9. The summed E-state index contributed by atoms with van der Waals surface area (Å²) in [4.78, 5) is 25.8. The van der Waals surface area contributed by atoms with Crippen LogP contribution in [-0.2, 0) is 4.79 Å². The Morgan fingerprint density at radius 3 is 2.36 bits per heavy atom. The topological polar surface area (TPSA) is 98.1 Å². The Hall–Kier alpha value is -4.60. The first kappa shape index (κ1) is 28.9. The summed E-state index contributed by atoms with van der Waals surface area (Å²) in [5.41, 5.74) is 5.21. The van der Waals surface area contributed by atoms with Crippen LogP contribution >= 0.6 is 23.4 Å². The second-order valence-electron chi connectivity index (χ2n) is 9.51. The zero-order chi connectivity index (χ0) is 29.6. The number of hydrogen-bond acceptors (Lipinski definition) is 6. The van der Waals surface area contributed by atoms with Crippen molar-refractivity contribution >= 4 is 46.6 Å². The molecular formula is C32H28ClN5O3S. The van der Waals surface area contributed by atoms with E-state index in [-0.39, 0.29) is 17.6 Å². The van der Waals surface area contributed by atoms with Gasteiger partial charge in [-0.2, -0.15) is 0 Å². The Labute approximate surface area is 253 Å². The van der Waals surface area contributed by atoms with Gasteiger partial charge < -0.3 is 15.4 Å². The lowest BCUT2D eigenvalue weighted by Crippen LogP contribution is -2.16. The first-order valence-corrected chi connectivity index (χ1v) is 14.4. The molecule has 212 valence electrons. The summed E-state index contributed by atoms with van der Waals surface area (Å²) in [6.07, 6.45) is 0. The number of hydrogen-bond donors (Lipinski definition) is 2. The van der Waals surface area contributed by atoms with Crippen LogP contribution in [0.4, 0.5) is 11.4 Å². The number of carbonyl (C=O) groups excluding carboxylic acids is 2. The molecule has 5 aromatic rings. The number of rotatable bonds is 9. The van der Waals surface area contributed by atoms with Crippen molar-refractivity contribution in [3.63, 3.8) is 0 Å². The number of nitrogens with zero attached hydrogens (tertiary/aromatic N) is 3. The number of halogens is 1. The molecule has 0 saturated carbocycles. The quantitative estimate of drug-likeness (QED) is 0.174. The largest absolute Gasteiger partial charge is 0.494 e. The molecule has 2 N–H and O–H groups in total. The first-order valence-electron chi connectivity index (χ1n) is 13.1. The van der Waals surface area contributed by atoms with Gasteiger partial charge in [0, 0.05) is 33.6 Å². The minimum Gasteiger partial charge on any atom is -0.494 e. The number of anilines is 2. The van der Waals surface area contributed by atoms with Gasteiger partial charge in [-0.3, -0.25) is 14.2 Å². The van der Waals surface area contributed by atoms with Crippen LogP contribution in [0.1, 0.15) is 21.5 Å². The fraction of sp³-hybridized carbons (Fsp3) is 0.125. The van der Waals surface area contributed by atoms with Gasteiger partial charge in [-0.1, -0.05) is 71.4 Å². The van der Waals surface area contributed by atoms with E-state index in [1.165, 1.54) is 18.9 Å². The van der Waals surface area contributed by atoms with Crippen molar-refractivity contribution in [1.82, 2.24) is 14.8 Å². The summed E-state index contributed by atoms with van der Waals surface area (Å²) in [6, 6.07) is 27.8. The molecule has 0 aliphatic carbocycles. The maximum atomic E-state index is 13.1. The highest BCUT2D eigenvalue weighted by Gasteiger charge is 2.19. The Kier molecular flexibility index (Phi) is 8.90. The van der Waals surface area contributed by atoms with Gasteiger partial charge in [-0.25, -0.2) is 0 Å². The molecule has 8 nitrogen and oxygen atoms in total. The number of methoxy groups -OCH3 is 1. The molecule has 42 heavy (non-hydrogen) atoms. The number of aromatic nitrogens is 3. The lowest BCUT2D eigenvalue weighted by atomic mass is 10.1. The van der Waals surface area contributed by atoms with Gasteiger partial charge in [-0.05, 0) is 61.9 Å². The molecule has 5 rings (SSSR count). The highest BCUT2D eigenvalue weighted by Crippen LogP contribution is 2.33. The van der Waals surface area contributed by atoms with E-state index in [1.807, 2.05) is 66.9 Å². The summed E-state index contributed by atoms with van der Waals surface area (Å²) >= 11 is 7.52. The van der Waals surface area contributed by atoms with Crippen molar-refractivity contribution in [2.75, 3.05) is 23.5 Å². The molecular weight excluding hydrogens is 570 g/mol. The van der Waals surface area contributed by atoms with E-state index < -0.39 is 0 Å². The SMILES string of the molecule is COc1cc(NC(=O)c2ccccc2)c(C)cc1NC(=O)CSc1nnc(-c2cccc(Cl)c2)n1-c1ccc(C)cc1. The lowest BCUT2D eigenvalue weighted by Gasteiger charge is -2.15. The van der Waals surface area contributed by atoms with Gasteiger partial charge in [0.1, 0.15) is 5.75 Å². The van der Waals surface area contributed by atoms with Crippen LogP contribution in [-0.4, -0.2) is 39.4 Å². The van der Waals surface area contributed by atoms with E-state index in [0.717, 1.165) is 22.4 Å². The van der Waals surface area contributed by atoms with Crippen molar-refractivity contribution < 1.29 is 14.3 Å². The summed E-state index contributed by atoms with van der Waals surface area (Å²) in [5, 5.41) is 15.8. The van der Waals surface area contributed by atoms with Crippen molar-refractivity contribution in [3.8, 4) is 22.8 Å². The van der Waals surface area contributed by atoms with Crippen LogP contribution in [0.15, 0.2) is 96.2 Å². The third-order valence-corrected chi connectivity index (χ3v) is 7.61. The smallest absolute Gasteiger partial charge is 0.255 e. The number of benzene rings is 4. The van der Waals surface area contributed by atoms with Crippen LogP contribution < -0.4 is 15.4 Å². The van der Waals surface area contributed by atoms with Crippen LogP contribution in [0, 0.1) is 13.8 Å². The molecule has 0 aliphatic heterocycles. The van der Waals surface area contributed by atoms with Crippen LogP contribution in [0.3, 0.4) is 0 Å². The maximum Gasteiger partial charge on any atom is 0.255 e. The number of ether oxygens (including phenoxy) is 1. The van der Waals surface area contributed by atoms with Crippen molar-refractivity contribution in [3.05, 3.63) is 113 Å². The van der Waals surface area contributed by atoms with Gasteiger partial charge in [0.25, 0.3) is 5.91 Å². The van der Waals surface area contributed by atoms with E-state index in [1.54, 1.807) is 42.5 Å². The number of amides is 2. The van der Waals surface area contributed by atoms with Gasteiger partial charge in [-0.15, -0.1) is 10.2 Å². The van der Waals surface area contributed by atoms with E-state index >= 15 is 0 Å². The minimum absolute atomic E-state index is 0.0776. The monoisotopic (exact) mass is 597 g/mol. The van der Waals surface area contributed by atoms with E-state index in [9.17, 15) is 9.59 Å². The molecule has 0 saturated heterocycles. The van der Waals surface area contributed by atoms with E-state index in [2.05, 4.69) is 20.8 Å². The van der Waals surface area contributed by atoms with Gasteiger partial charge in [0.05, 0.1) is 18.6 Å². The maximum absolute atomic E-state index is 13.1. The fourth-order valence-electron chi connectivity index (χ4n) is 4.29. The molecule has 0 atom stereocenters. The summed E-state index contributed by atoms with van der Waals surface area (Å²) in [7, 11) is 1.51. The van der Waals surface area contributed by atoms with E-state index in [0.29, 0.717) is 38.7 Å². The highest BCUT2D eigenvalue weighted by molar-refractivity contribution is 7.99. The fourth-order valence-corrected chi connectivity index (χ4v) is 5.24. The average Bonchev–Trinajstić information content (AvgIpc) is 3.42. The Bertz CT molecular complexity index is 1740. The Morgan fingerprint density at radius 2 is 1.64 bits per heavy atom. The number of carbonyl (C=O) groups is 2. The number of nitrogens with one attached hydrogen (secondary N) is 2. The normalized spacial score (nSPS) is 10.8. The lowest BCUT2D eigenvalue weighted by molar-refractivity contribution is -0.113. The average molecular weight is 598 g/mol. The molecule has 0 unspecified atom stereocenters. The first-order chi connectivity index (χ1) is 20.3. The van der Waals surface area contributed by atoms with Crippen molar-refractivity contribution in [1.29, 1.82) is 0 Å². The minimum atomic E-state index is -0.249. The predicted octanol–water partition coefficient (Wildman–Crippen LogP) is 7.20. The molecule has 0 fully saturated rings. The van der Waals surface area contributed by atoms with Crippen molar-refractivity contribution in [2.45, 2.75) is 19.0 Å². The molecule has 4 aromatic carbocycles. The van der Waals surface area contributed by atoms with Gasteiger partial charge in [0.2, 0.25) is 5.91 Å². The number of thioether (sulfide) groups is 1. The molecule has 0 radical (unpaired) electrons. The molecule has 2 amide bonds. The predicted molar refractivity (Wildman–Crippen MR) is 168 cm³/mol. The molecule has 1 heterocycles. The Balaban J connectivity index is 1.34. The summed E-state index contributed by atoms with van der Waals surface area (Å²) < 4.78 is 7.45. The molecule has 0 spiro atoms. The van der Waals surface area contributed by atoms with Crippen LogP contribution in [0.25, 0.3) is 17.1 Å². The molecule has 1 aromatic heterocycles. The molecule has 0 bridgehead atoms. The third-order valence-electron chi connectivity index (χ3n) is 6.45. The number of aryl methyl sites for hydroxylation is 2. The third kappa shape index (κ3) is 6.64. The molecule has 10 heteroatoms. The molecule has 0 aliphatic rings. The summed E-state index contributed by atoms with van der Waals surface area (Å²) in [5.74, 6) is 0.641. The second kappa shape index (κ2) is 12.9. The van der Waals surface area contributed by atoms with E-state index in [4.69, 9.17) is 16.3 Å². The van der Waals surface area contributed by atoms with Crippen LogP contribution in [0.2, 0.25) is 5.02 Å². The highest BCUT2D eigenvalue weighted by atomic mass is 35.5. The van der Waals surface area contributed by atoms with Gasteiger partial charge >= 0.3 is 0 Å². The summed E-state index contributed by atoms with van der Waals surface area (Å²) in [6.45, 7) is 3.87. The van der Waals surface area contributed by atoms with Gasteiger partial charge in [0.15, 0.2) is 11.0 Å². The Morgan fingerprint density at radius 1 is 0.881 bits per heavy atom. The zero-order valence-electron chi connectivity index (χ0n) is 23.2. The van der Waals surface area contributed by atoms with Crippen LogP contribution in [0.5, 0.6) is 5.75 Å².